The maximum atomic E-state index is 11.9. The topological polar surface area (TPSA) is 41.6 Å². The molecule has 2 aliphatic heterocycles. The highest BCUT2D eigenvalue weighted by Crippen LogP contribution is 2.29. The Kier molecular flexibility index (Phi) is 3.19. The van der Waals surface area contributed by atoms with Gasteiger partial charge in [-0.15, -0.1) is 0 Å². The number of ether oxygens (including phenoxy) is 1. The van der Waals surface area contributed by atoms with Crippen LogP contribution in [-0.2, 0) is 4.74 Å². The van der Waals surface area contributed by atoms with Crippen molar-refractivity contribution in [2.75, 3.05) is 24.6 Å². The molecule has 0 radical (unpaired) electrons. The molecule has 3 rings (SSSR count). The number of nitrogens with zero attached hydrogens (tertiary/aromatic N) is 1. The average Bonchev–Trinajstić information content (AvgIpc) is 2.83. The van der Waals surface area contributed by atoms with E-state index in [1.54, 1.807) is 0 Å². The van der Waals surface area contributed by atoms with Crippen molar-refractivity contribution in [2.24, 2.45) is 5.92 Å². The molecule has 0 bridgehead atoms. The monoisotopic (exact) mass is 246 g/mol. The van der Waals surface area contributed by atoms with Crippen LogP contribution in [0.15, 0.2) is 30.3 Å². The van der Waals surface area contributed by atoms with Gasteiger partial charge in [0, 0.05) is 12.2 Å². The highest BCUT2D eigenvalue weighted by Gasteiger charge is 2.39. The molecule has 1 aromatic rings. The molecule has 2 heterocycles. The zero-order valence-electron chi connectivity index (χ0n) is 10.3. The van der Waals surface area contributed by atoms with Crippen LogP contribution >= 0.6 is 0 Å². The van der Waals surface area contributed by atoms with Crippen LogP contribution in [0.4, 0.5) is 10.5 Å². The normalized spacial score (nSPS) is 28.2. The van der Waals surface area contributed by atoms with Crippen molar-refractivity contribution in [3.05, 3.63) is 30.3 Å². The van der Waals surface area contributed by atoms with Gasteiger partial charge in [0.05, 0.1) is 6.04 Å². The van der Waals surface area contributed by atoms with E-state index in [-0.39, 0.29) is 12.1 Å². The summed E-state index contributed by atoms with van der Waals surface area (Å²) < 4.78 is 5.24. The van der Waals surface area contributed by atoms with Crippen LogP contribution in [0.5, 0.6) is 0 Å². The predicted octanol–water partition coefficient (Wildman–Crippen LogP) is 2.01. The Hall–Kier alpha value is -1.55. The van der Waals surface area contributed by atoms with Crippen molar-refractivity contribution in [1.29, 1.82) is 0 Å². The fraction of sp³-hybridized carbons (Fsp3) is 0.500. The molecule has 1 N–H and O–H groups in total. The lowest BCUT2D eigenvalue weighted by molar-refractivity contribution is 0.174. The van der Waals surface area contributed by atoms with Crippen LogP contribution in [0, 0.1) is 5.92 Å². The van der Waals surface area contributed by atoms with Gasteiger partial charge in [-0.1, -0.05) is 18.2 Å². The van der Waals surface area contributed by atoms with Crippen molar-refractivity contribution in [3.8, 4) is 0 Å². The first-order valence-electron chi connectivity index (χ1n) is 6.58. The van der Waals surface area contributed by atoms with E-state index in [9.17, 15) is 4.79 Å². The van der Waals surface area contributed by atoms with Crippen LogP contribution in [0.3, 0.4) is 0 Å². The van der Waals surface area contributed by atoms with Gasteiger partial charge < -0.3 is 10.1 Å². The third-order valence-electron chi connectivity index (χ3n) is 3.82. The molecule has 0 saturated carbocycles. The zero-order valence-corrected chi connectivity index (χ0v) is 10.3. The maximum absolute atomic E-state index is 11.9. The molecule has 96 valence electrons. The maximum Gasteiger partial charge on any atom is 0.414 e. The van der Waals surface area contributed by atoms with Crippen molar-refractivity contribution in [1.82, 2.24) is 5.32 Å². The molecular weight excluding hydrogens is 228 g/mol. The highest BCUT2D eigenvalue weighted by atomic mass is 16.6. The standard InChI is InChI=1S/C14H18N2O2/c17-14-16(12-6-2-1-3-7-12)13(10-18-14)11-5-4-8-15-9-11/h1-3,6-7,11,13,15H,4-5,8-10H2. The van der Waals surface area contributed by atoms with E-state index in [1.165, 1.54) is 6.42 Å². The van der Waals surface area contributed by atoms with Gasteiger partial charge in [0.1, 0.15) is 6.61 Å². The number of anilines is 1. The molecule has 18 heavy (non-hydrogen) atoms. The van der Waals surface area contributed by atoms with Crippen molar-refractivity contribution < 1.29 is 9.53 Å². The van der Waals surface area contributed by atoms with Gasteiger partial charge in [-0.2, -0.15) is 0 Å². The van der Waals surface area contributed by atoms with Gasteiger partial charge in [-0.25, -0.2) is 4.79 Å². The Balaban J connectivity index is 1.83. The second-order valence-corrected chi connectivity index (χ2v) is 4.96. The molecule has 2 unspecified atom stereocenters. The van der Waals surface area contributed by atoms with E-state index in [4.69, 9.17) is 4.74 Å². The molecule has 1 amide bonds. The first kappa shape index (κ1) is 11.5. The van der Waals surface area contributed by atoms with Gasteiger partial charge in [-0.3, -0.25) is 4.90 Å². The number of benzene rings is 1. The summed E-state index contributed by atoms with van der Waals surface area (Å²) in [5, 5.41) is 3.41. The van der Waals surface area contributed by atoms with Gasteiger partial charge in [-0.05, 0) is 37.4 Å². The van der Waals surface area contributed by atoms with E-state index in [0.29, 0.717) is 12.5 Å². The number of hydrogen-bond donors (Lipinski definition) is 1. The Morgan fingerprint density at radius 3 is 2.83 bits per heavy atom. The molecular formula is C14H18N2O2. The predicted molar refractivity (Wildman–Crippen MR) is 69.7 cm³/mol. The summed E-state index contributed by atoms with van der Waals surface area (Å²) in [6.45, 7) is 2.58. The lowest BCUT2D eigenvalue weighted by Crippen LogP contribution is -2.45. The molecule has 1 aromatic carbocycles. The average molecular weight is 246 g/mol. The number of piperidine rings is 1. The summed E-state index contributed by atoms with van der Waals surface area (Å²) in [5.74, 6) is 0.491. The molecule has 0 aliphatic carbocycles. The third-order valence-corrected chi connectivity index (χ3v) is 3.82. The first-order valence-corrected chi connectivity index (χ1v) is 6.58. The van der Waals surface area contributed by atoms with Crippen LogP contribution < -0.4 is 10.2 Å². The van der Waals surface area contributed by atoms with Crippen molar-refractivity contribution in [2.45, 2.75) is 18.9 Å². The second kappa shape index (κ2) is 4.98. The number of carbonyl (C=O) groups excluding carboxylic acids is 1. The number of cyclic esters (lactones) is 1. The Labute approximate surface area is 107 Å². The van der Waals surface area contributed by atoms with Crippen molar-refractivity contribution >= 4 is 11.8 Å². The van der Waals surface area contributed by atoms with E-state index in [1.807, 2.05) is 35.2 Å². The lowest BCUT2D eigenvalue weighted by atomic mass is 9.91. The number of carbonyl (C=O) groups is 1. The Morgan fingerprint density at radius 1 is 1.28 bits per heavy atom. The van der Waals surface area contributed by atoms with Gasteiger partial charge in [0.2, 0.25) is 0 Å². The van der Waals surface area contributed by atoms with E-state index in [0.717, 1.165) is 25.2 Å². The van der Waals surface area contributed by atoms with E-state index < -0.39 is 0 Å². The minimum absolute atomic E-state index is 0.174. The summed E-state index contributed by atoms with van der Waals surface area (Å²) in [6.07, 6.45) is 2.13. The fourth-order valence-electron chi connectivity index (χ4n) is 2.88. The SMILES string of the molecule is O=C1OCC(C2CCCNC2)N1c1ccccc1. The molecule has 0 aromatic heterocycles. The quantitative estimate of drug-likeness (QED) is 0.868. The largest absolute Gasteiger partial charge is 0.447 e. The molecule has 0 spiro atoms. The lowest BCUT2D eigenvalue weighted by Gasteiger charge is -2.31. The summed E-state index contributed by atoms with van der Waals surface area (Å²) in [6, 6.07) is 9.98. The van der Waals surface area contributed by atoms with Gasteiger partial charge in [0.25, 0.3) is 0 Å². The Bertz CT molecular complexity index is 415. The van der Waals surface area contributed by atoms with Crippen molar-refractivity contribution in [3.63, 3.8) is 0 Å². The molecule has 4 nitrogen and oxygen atoms in total. The van der Waals surface area contributed by atoms with Crippen LogP contribution in [0.1, 0.15) is 12.8 Å². The minimum Gasteiger partial charge on any atom is -0.447 e. The summed E-state index contributed by atoms with van der Waals surface area (Å²) in [5.41, 5.74) is 0.940. The number of nitrogens with one attached hydrogen (secondary N) is 1. The fourth-order valence-corrected chi connectivity index (χ4v) is 2.88. The molecule has 2 atom stereocenters. The summed E-state index contributed by atoms with van der Waals surface area (Å²) in [7, 11) is 0. The van der Waals surface area contributed by atoms with Crippen LogP contribution in [-0.4, -0.2) is 31.8 Å². The molecule has 4 heteroatoms. The number of rotatable bonds is 2. The Morgan fingerprint density at radius 2 is 2.11 bits per heavy atom. The minimum atomic E-state index is -0.211. The number of hydrogen-bond acceptors (Lipinski definition) is 3. The molecule has 2 fully saturated rings. The second-order valence-electron chi connectivity index (χ2n) is 4.96. The molecule has 2 saturated heterocycles. The summed E-state index contributed by atoms with van der Waals surface area (Å²) >= 11 is 0. The van der Waals surface area contributed by atoms with Gasteiger partial charge in [0.15, 0.2) is 0 Å². The van der Waals surface area contributed by atoms with Crippen LogP contribution in [0.2, 0.25) is 0 Å². The van der Waals surface area contributed by atoms with Gasteiger partial charge >= 0.3 is 6.09 Å². The molecule has 2 aliphatic rings. The summed E-state index contributed by atoms with van der Waals surface area (Å²) in [4.78, 5) is 13.7. The number of para-hydroxylation sites is 1. The third kappa shape index (κ3) is 2.08. The number of amides is 1. The zero-order chi connectivity index (χ0) is 12.4. The highest BCUT2D eigenvalue weighted by molar-refractivity contribution is 5.90. The first-order chi connectivity index (χ1) is 8.86. The van der Waals surface area contributed by atoms with Crippen LogP contribution in [0.25, 0.3) is 0 Å². The smallest absolute Gasteiger partial charge is 0.414 e. The van der Waals surface area contributed by atoms with E-state index >= 15 is 0 Å². The van der Waals surface area contributed by atoms with E-state index in [2.05, 4.69) is 5.32 Å².